The molecule has 1 aliphatic carbocycles. The van der Waals surface area contributed by atoms with E-state index in [1.165, 1.54) is 41.5 Å². The zero-order valence-electron chi connectivity index (χ0n) is 13.2. The van der Waals surface area contributed by atoms with Crippen LogP contribution in [0.25, 0.3) is 11.0 Å². The molecular weight excluding hydrogens is 270 g/mol. The van der Waals surface area contributed by atoms with E-state index in [2.05, 4.69) is 71.1 Å². The number of anilines is 1. The minimum absolute atomic E-state index is 0.410. The van der Waals surface area contributed by atoms with Gasteiger partial charge in [-0.25, -0.2) is 4.98 Å². The first-order valence-corrected chi connectivity index (χ1v) is 7.96. The van der Waals surface area contributed by atoms with Crippen LogP contribution in [0.1, 0.15) is 30.0 Å². The van der Waals surface area contributed by atoms with Crippen LogP contribution in [0.5, 0.6) is 0 Å². The molecule has 22 heavy (non-hydrogen) atoms. The molecule has 0 N–H and O–H groups in total. The Morgan fingerprint density at radius 1 is 1.14 bits per heavy atom. The van der Waals surface area contributed by atoms with E-state index in [9.17, 15) is 0 Å². The summed E-state index contributed by atoms with van der Waals surface area (Å²) in [5.74, 6) is 0. The Bertz CT molecular complexity index is 816. The van der Waals surface area contributed by atoms with E-state index >= 15 is 0 Å². The molecule has 3 aromatic rings. The molecule has 1 atom stereocenters. The summed E-state index contributed by atoms with van der Waals surface area (Å²) in [6.07, 6.45) is 7.76. The first-order valence-electron chi connectivity index (χ1n) is 7.96. The maximum atomic E-state index is 4.67. The lowest BCUT2D eigenvalue weighted by molar-refractivity contribution is 0.499. The fourth-order valence-electron chi connectivity index (χ4n) is 3.70. The molecule has 0 bridgehead atoms. The van der Waals surface area contributed by atoms with Gasteiger partial charge in [0.25, 0.3) is 0 Å². The second kappa shape index (κ2) is 5.16. The molecule has 3 heteroatoms. The van der Waals surface area contributed by atoms with Crippen molar-refractivity contribution in [3.63, 3.8) is 0 Å². The average molecular weight is 291 g/mol. The van der Waals surface area contributed by atoms with E-state index in [1.807, 2.05) is 6.20 Å². The van der Waals surface area contributed by atoms with Gasteiger partial charge in [-0.2, -0.15) is 0 Å². The van der Waals surface area contributed by atoms with E-state index < -0.39 is 0 Å². The summed E-state index contributed by atoms with van der Waals surface area (Å²) in [6.45, 7) is 0. The Balaban J connectivity index is 1.88. The maximum Gasteiger partial charge on any atom is 0.142 e. The van der Waals surface area contributed by atoms with E-state index in [0.29, 0.717) is 6.04 Å². The lowest BCUT2D eigenvalue weighted by Crippen LogP contribution is -2.17. The molecule has 0 unspecified atom stereocenters. The molecular formula is C19H21N3. The Kier molecular flexibility index (Phi) is 3.14. The summed E-state index contributed by atoms with van der Waals surface area (Å²) < 4.78 is 2.36. The van der Waals surface area contributed by atoms with Gasteiger partial charge in [0, 0.05) is 37.6 Å². The molecule has 0 radical (unpaired) electrons. The first-order chi connectivity index (χ1) is 10.8. The molecule has 0 aliphatic heterocycles. The number of aromatic nitrogens is 2. The third-order valence-electron chi connectivity index (χ3n) is 4.75. The second-order valence-electron chi connectivity index (χ2n) is 6.29. The van der Waals surface area contributed by atoms with Crippen molar-refractivity contribution < 1.29 is 0 Å². The molecule has 1 aliphatic rings. The third-order valence-corrected chi connectivity index (χ3v) is 4.75. The van der Waals surface area contributed by atoms with Crippen molar-refractivity contribution in [2.75, 3.05) is 19.0 Å². The van der Waals surface area contributed by atoms with Gasteiger partial charge in [0.15, 0.2) is 0 Å². The number of fused-ring (bicyclic) bond motifs is 2. The maximum absolute atomic E-state index is 4.67. The highest BCUT2D eigenvalue weighted by atomic mass is 15.1. The average Bonchev–Trinajstić information content (AvgIpc) is 2.98. The van der Waals surface area contributed by atoms with Gasteiger partial charge in [0.2, 0.25) is 0 Å². The van der Waals surface area contributed by atoms with Gasteiger partial charge in [0.1, 0.15) is 5.65 Å². The molecule has 0 spiro atoms. The van der Waals surface area contributed by atoms with Crippen LogP contribution in [-0.2, 0) is 6.42 Å². The lowest BCUT2D eigenvalue weighted by Gasteiger charge is -2.27. The second-order valence-corrected chi connectivity index (χ2v) is 6.29. The zero-order chi connectivity index (χ0) is 15.1. The minimum Gasteiger partial charge on any atom is -0.377 e. The molecule has 2 aromatic heterocycles. The minimum atomic E-state index is 0.410. The topological polar surface area (TPSA) is 21.1 Å². The van der Waals surface area contributed by atoms with Crippen molar-refractivity contribution in [3.8, 4) is 0 Å². The van der Waals surface area contributed by atoms with Crippen LogP contribution in [0, 0.1) is 0 Å². The highest BCUT2D eigenvalue weighted by Gasteiger charge is 2.23. The summed E-state index contributed by atoms with van der Waals surface area (Å²) in [5.41, 5.74) is 5.27. The number of rotatable bonds is 2. The molecule has 0 saturated heterocycles. The fourth-order valence-corrected chi connectivity index (χ4v) is 3.70. The van der Waals surface area contributed by atoms with Crippen LogP contribution in [-0.4, -0.2) is 23.6 Å². The molecule has 0 fully saturated rings. The van der Waals surface area contributed by atoms with Crippen LogP contribution < -0.4 is 4.90 Å². The fraction of sp³-hybridized carbons (Fsp3) is 0.316. The molecule has 3 nitrogen and oxygen atoms in total. The largest absolute Gasteiger partial charge is 0.377 e. The smallest absolute Gasteiger partial charge is 0.142 e. The quantitative estimate of drug-likeness (QED) is 0.711. The van der Waals surface area contributed by atoms with Crippen LogP contribution in [0.4, 0.5) is 5.69 Å². The van der Waals surface area contributed by atoms with Crippen molar-refractivity contribution in [3.05, 3.63) is 59.9 Å². The van der Waals surface area contributed by atoms with Gasteiger partial charge in [-0.1, -0.05) is 24.3 Å². The van der Waals surface area contributed by atoms with Gasteiger partial charge >= 0.3 is 0 Å². The Labute approximate surface area is 131 Å². The van der Waals surface area contributed by atoms with E-state index in [1.54, 1.807) is 0 Å². The Morgan fingerprint density at radius 3 is 2.86 bits per heavy atom. The van der Waals surface area contributed by atoms with Crippen molar-refractivity contribution in [2.24, 2.45) is 0 Å². The number of benzene rings is 1. The van der Waals surface area contributed by atoms with Crippen molar-refractivity contribution in [2.45, 2.75) is 25.3 Å². The number of nitrogens with zero attached hydrogens (tertiary/aromatic N) is 3. The number of hydrogen-bond donors (Lipinski definition) is 0. The van der Waals surface area contributed by atoms with Gasteiger partial charge in [-0.3, -0.25) is 0 Å². The number of hydrogen-bond acceptors (Lipinski definition) is 2. The first kappa shape index (κ1) is 13.4. The van der Waals surface area contributed by atoms with Crippen LogP contribution >= 0.6 is 0 Å². The van der Waals surface area contributed by atoms with Crippen LogP contribution in [0.15, 0.2) is 48.8 Å². The summed E-state index contributed by atoms with van der Waals surface area (Å²) >= 11 is 0. The normalized spacial score (nSPS) is 17.5. The Morgan fingerprint density at radius 2 is 2.00 bits per heavy atom. The van der Waals surface area contributed by atoms with Crippen molar-refractivity contribution >= 4 is 16.7 Å². The highest BCUT2D eigenvalue weighted by molar-refractivity contribution is 5.90. The molecule has 1 aromatic carbocycles. The van der Waals surface area contributed by atoms with Crippen LogP contribution in [0.3, 0.4) is 0 Å². The summed E-state index contributed by atoms with van der Waals surface area (Å²) in [4.78, 5) is 6.82. The van der Waals surface area contributed by atoms with Gasteiger partial charge in [-0.15, -0.1) is 0 Å². The molecule has 2 heterocycles. The van der Waals surface area contributed by atoms with Gasteiger partial charge < -0.3 is 9.47 Å². The number of aryl methyl sites for hydroxylation is 1. The van der Waals surface area contributed by atoms with Crippen molar-refractivity contribution in [1.29, 1.82) is 0 Å². The standard InChI is InChI=1S/C19H21N3/c1-21(2)17-10-12-20-19-16(17)11-13-22(19)18-9-5-7-14-6-3-4-8-15(14)18/h3-4,6,8,10-13,18H,5,7,9H2,1-2H3/t18-/m0/s1. The number of pyridine rings is 1. The summed E-state index contributed by atoms with van der Waals surface area (Å²) in [5, 5.41) is 1.23. The Hall–Kier alpha value is -2.29. The van der Waals surface area contributed by atoms with E-state index in [4.69, 9.17) is 0 Å². The molecule has 4 rings (SSSR count). The predicted octanol–water partition coefficient (Wildman–Crippen LogP) is 4.03. The summed E-state index contributed by atoms with van der Waals surface area (Å²) in [7, 11) is 4.17. The predicted molar refractivity (Wildman–Crippen MR) is 91.6 cm³/mol. The molecule has 0 amide bonds. The SMILES string of the molecule is CN(C)c1ccnc2c1ccn2[C@H]1CCCc2ccccc21. The third kappa shape index (κ3) is 2.00. The highest BCUT2D eigenvalue weighted by Crippen LogP contribution is 2.36. The molecule has 0 saturated carbocycles. The van der Waals surface area contributed by atoms with Gasteiger partial charge in [-0.05, 0) is 42.5 Å². The monoisotopic (exact) mass is 291 g/mol. The van der Waals surface area contributed by atoms with E-state index in [-0.39, 0.29) is 0 Å². The van der Waals surface area contributed by atoms with Gasteiger partial charge in [0.05, 0.1) is 6.04 Å². The van der Waals surface area contributed by atoms with Crippen LogP contribution in [0.2, 0.25) is 0 Å². The van der Waals surface area contributed by atoms with E-state index in [0.717, 1.165) is 5.65 Å². The molecule has 112 valence electrons. The lowest BCUT2D eigenvalue weighted by atomic mass is 9.87. The zero-order valence-corrected chi connectivity index (χ0v) is 13.2. The van der Waals surface area contributed by atoms with Crippen molar-refractivity contribution in [1.82, 2.24) is 9.55 Å². The summed E-state index contributed by atoms with van der Waals surface area (Å²) in [6, 6.07) is 13.6.